The lowest BCUT2D eigenvalue weighted by Gasteiger charge is -2.16. The quantitative estimate of drug-likeness (QED) is 0.832. The number of fused-ring (bicyclic) bond motifs is 1. The Kier molecular flexibility index (Phi) is 3.99. The van der Waals surface area contributed by atoms with E-state index in [0.717, 1.165) is 36.8 Å². The Morgan fingerprint density at radius 2 is 1.92 bits per heavy atom. The number of aliphatic hydroxyl groups is 1. The van der Waals surface area contributed by atoms with Gasteiger partial charge in [-0.05, 0) is 12.1 Å². The number of sulfone groups is 1. The minimum Gasteiger partial charge on any atom is -0.455 e. The van der Waals surface area contributed by atoms with Crippen LogP contribution in [-0.4, -0.2) is 30.7 Å². The number of nitrogens with zero attached hydrogens (tertiary/aromatic N) is 1. The Balaban J connectivity index is 2.21. The van der Waals surface area contributed by atoms with Gasteiger partial charge in [0.15, 0.2) is 16.0 Å². The fraction of sp³-hybridized carbons (Fsp3) is 0.267. The van der Waals surface area contributed by atoms with Crippen LogP contribution < -0.4 is 4.74 Å². The summed E-state index contributed by atoms with van der Waals surface area (Å²) in [7, 11) is -4.02. The molecule has 0 bridgehead atoms. The van der Waals surface area contributed by atoms with Gasteiger partial charge in [-0.15, -0.1) is 0 Å². The average molecular weight is 377 g/mol. The number of pyridine rings is 1. The molecule has 1 aromatic heterocycles. The van der Waals surface area contributed by atoms with E-state index >= 15 is 0 Å². The Hall–Kier alpha value is -2.20. The maximum Gasteiger partial charge on any atom is 0.312 e. The summed E-state index contributed by atoms with van der Waals surface area (Å²) in [5, 5.41) is 9.78. The second-order valence-electron chi connectivity index (χ2n) is 5.54. The molecule has 2 atom stereocenters. The first-order valence-corrected chi connectivity index (χ1v) is 8.78. The predicted molar refractivity (Wildman–Crippen MR) is 77.6 cm³/mol. The van der Waals surface area contributed by atoms with Crippen molar-refractivity contribution in [1.82, 2.24) is 4.98 Å². The third kappa shape index (κ3) is 2.85. The number of aromatic nitrogens is 1. The number of halogens is 4. The zero-order valence-electron chi connectivity index (χ0n) is 12.6. The number of hydrogen-bond donors (Lipinski definition) is 1. The molecule has 0 aliphatic heterocycles. The van der Waals surface area contributed by atoms with E-state index in [1.807, 2.05) is 0 Å². The molecule has 1 aliphatic carbocycles. The molecule has 10 heteroatoms. The second-order valence-corrected chi connectivity index (χ2v) is 7.53. The average Bonchev–Trinajstić information content (AvgIpc) is 2.68. The lowest BCUT2D eigenvalue weighted by molar-refractivity contribution is -0.143. The number of ether oxygens (including phenoxy) is 1. The fourth-order valence-electron chi connectivity index (χ4n) is 2.65. The summed E-state index contributed by atoms with van der Waals surface area (Å²) in [5.74, 6) is -5.67. The lowest BCUT2D eigenvalue weighted by atomic mass is 10.1. The van der Waals surface area contributed by atoms with E-state index in [1.165, 1.54) is 0 Å². The molecule has 2 aromatic rings. The van der Waals surface area contributed by atoms with Crippen molar-refractivity contribution >= 4 is 9.84 Å². The van der Waals surface area contributed by atoms with E-state index in [1.54, 1.807) is 0 Å². The lowest BCUT2D eigenvalue weighted by Crippen LogP contribution is -2.24. The van der Waals surface area contributed by atoms with E-state index in [0.29, 0.717) is 0 Å². The smallest absolute Gasteiger partial charge is 0.312 e. The van der Waals surface area contributed by atoms with Gasteiger partial charge in [0.25, 0.3) is 0 Å². The van der Waals surface area contributed by atoms with Gasteiger partial charge in [-0.25, -0.2) is 17.2 Å². The standard InChI is InChI=1S/C15H11F4NO4S/c1-25(22,23)10-3-2-9(24-8-4-7(16)5-20-6-8)11-12(10)14(21)15(18,19)13(11)17/h2-6,13-14,21H,1H3/t13-,14?/m1/s1. The third-order valence-electron chi connectivity index (χ3n) is 3.74. The summed E-state index contributed by atoms with van der Waals surface area (Å²) in [6.45, 7) is 0. The summed E-state index contributed by atoms with van der Waals surface area (Å²) >= 11 is 0. The molecule has 0 spiro atoms. The molecule has 1 unspecified atom stereocenters. The van der Waals surface area contributed by atoms with E-state index in [4.69, 9.17) is 4.74 Å². The highest BCUT2D eigenvalue weighted by molar-refractivity contribution is 7.90. The van der Waals surface area contributed by atoms with Gasteiger partial charge in [-0.1, -0.05) is 0 Å². The Bertz CT molecular complexity index is 949. The summed E-state index contributed by atoms with van der Waals surface area (Å²) in [6.07, 6.45) is -2.96. The van der Waals surface area contributed by atoms with Crippen LogP contribution in [0.25, 0.3) is 0 Å². The first kappa shape index (κ1) is 17.6. The van der Waals surface area contributed by atoms with Crippen molar-refractivity contribution in [3.8, 4) is 11.5 Å². The maximum atomic E-state index is 14.3. The van der Waals surface area contributed by atoms with Crippen molar-refractivity contribution in [1.29, 1.82) is 0 Å². The molecule has 25 heavy (non-hydrogen) atoms. The minimum atomic E-state index is -4.23. The summed E-state index contributed by atoms with van der Waals surface area (Å²) in [4.78, 5) is 2.88. The molecule has 3 rings (SSSR count). The van der Waals surface area contributed by atoms with Crippen molar-refractivity contribution in [3.63, 3.8) is 0 Å². The highest BCUT2D eigenvalue weighted by atomic mass is 32.2. The number of rotatable bonds is 3. The van der Waals surface area contributed by atoms with Crippen molar-refractivity contribution in [2.75, 3.05) is 6.26 Å². The van der Waals surface area contributed by atoms with Gasteiger partial charge in [0.05, 0.1) is 17.3 Å². The zero-order chi connectivity index (χ0) is 18.6. The van der Waals surface area contributed by atoms with Crippen molar-refractivity contribution < 1.29 is 35.8 Å². The van der Waals surface area contributed by atoms with Crippen LogP contribution in [0.5, 0.6) is 11.5 Å². The minimum absolute atomic E-state index is 0.203. The largest absolute Gasteiger partial charge is 0.455 e. The molecule has 0 saturated carbocycles. The van der Waals surface area contributed by atoms with Gasteiger partial charge in [-0.3, -0.25) is 4.98 Å². The predicted octanol–water partition coefficient (Wildman–Crippen LogP) is 3.11. The molecular weight excluding hydrogens is 366 g/mol. The molecule has 1 aliphatic rings. The summed E-state index contributed by atoms with van der Waals surface area (Å²) in [5.41, 5.74) is -1.55. The van der Waals surface area contributed by atoms with Gasteiger partial charge in [0, 0.05) is 23.4 Å². The zero-order valence-corrected chi connectivity index (χ0v) is 13.4. The summed E-state index contributed by atoms with van der Waals surface area (Å²) in [6, 6.07) is 2.79. The molecule has 1 heterocycles. The number of benzene rings is 1. The molecule has 134 valence electrons. The Morgan fingerprint density at radius 1 is 1.24 bits per heavy atom. The Morgan fingerprint density at radius 3 is 2.52 bits per heavy atom. The molecular formula is C15H11F4NO4S. The first-order chi connectivity index (χ1) is 11.5. The van der Waals surface area contributed by atoms with Crippen LogP contribution in [0.3, 0.4) is 0 Å². The van der Waals surface area contributed by atoms with Gasteiger partial charge >= 0.3 is 5.92 Å². The maximum absolute atomic E-state index is 14.3. The number of hydrogen-bond acceptors (Lipinski definition) is 5. The van der Waals surface area contributed by atoms with Gasteiger partial charge in [0.1, 0.15) is 23.4 Å². The molecule has 1 N–H and O–H groups in total. The van der Waals surface area contributed by atoms with Crippen molar-refractivity contribution in [3.05, 3.63) is 47.5 Å². The van der Waals surface area contributed by atoms with E-state index in [-0.39, 0.29) is 5.75 Å². The fourth-order valence-corrected chi connectivity index (χ4v) is 3.59. The highest BCUT2D eigenvalue weighted by Crippen LogP contribution is 2.57. The van der Waals surface area contributed by atoms with E-state index < -0.39 is 55.6 Å². The van der Waals surface area contributed by atoms with Crippen LogP contribution >= 0.6 is 0 Å². The first-order valence-electron chi connectivity index (χ1n) is 6.88. The monoisotopic (exact) mass is 377 g/mol. The second kappa shape index (κ2) is 5.67. The molecule has 1 aromatic carbocycles. The van der Waals surface area contributed by atoms with E-state index in [2.05, 4.69) is 4.98 Å². The molecule has 0 fully saturated rings. The van der Waals surface area contributed by atoms with Crippen LogP contribution in [-0.2, 0) is 9.84 Å². The normalized spacial score (nSPS) is 21.8. The third-order valence-corrected chi connectivity index (χ3v) is 4.90. The van der Waals surface area contributed by atoms with Crippen molar-refractivity contribution in [2.45, 2.75) is 23.1 Å². The van der Waals surface area contributed by atoms with Gasteiger partial charge in [-0.2, -0.15) is 8.78 Å². The molecule has 0 amide bonds. The van der Waals surface area contributed by atoms with Crippen LogP contribution in [0.4, 0.5) is 17.6 Å². The van der Waals surface area contributed by atoms with E-state index in [9.17, 15) is 31.1 Å². The van der Waals surface area contributed by atoms with Crippen molar-refractivity contribution in [2.24, 2.45) is 0 Å². The van der Waals surface area contributed by atoms with Crippen LogP contribution in [0.2, 0.25) is 0 Å². The van der Waals surface area contributed by atoms with Gasteiger partial charge in [0.2, 0.25) is 0 Å². The van der Waals surface area contributed by atoms with Crippen LogP contribution in [0, 0.1) is 5.82 Å². The number of alkyl halides is 3. The Labute approximate surface area is 139 Å². The molecule has 0 saturated heterocycles. The van der Waals surface area contributed by atoms with Gasteiger partial charge < -0.3 is 9.84 Å². The molecule has 0 radical (unpaired) electrons. The topological polar surface area (TPSA) is 76.5 Å². The van der Waals surface area contributed by atoms with Crippen LogP contribution in [0.15, 0.2) is 35.5 Å². The van der Waals surface area contributed by atoms with Crippen LogP contribution in [0.1, 0.15) is 23.4 Å². The molecule has 5 nitrogen and oxygen atoms in total. The summed E-state index contributed by atoms with van der Waals surface area (Å²) < 4.78 is 84.1. The highest BCUT2D eigenvalue weighted by Gasteiger charge is 2.58. The SMILES string of the molecule is CS(=O)(=O)c1ccc(Oc2cncc(F)c2)c2c1C(O)C(F)(F)[C@@H]2F. The number of aliphatic hydroxyl groups excluding tert-OH is 1.